The molecular weight excluding hydrogens is 299 g/mol. The highest BCUT2D eigenvalue weighted by Crippen LogP contribution is 2.35. The van der Waals surface area contributed by atoms with E-state index < -0.39 is 11.7 Å². The van der Waals surface area contributed by atoms with Crippen molar-refractivity contribution in [2.24, 2.45) is 0 Å². The topological polar surface area (TPSA) is 41.6 Å². The van der Waals surface area contributed by atoms with E-state index in [1.165, 1.54) is 0 Å². The van der Waals surface area contributed by atoms with E-state index in [1.54, 1.807) is 6.20 Å². The van der Waals surface area contributed by atoms with Gasteiger partial charge < -0.3 is 4.98 Å². The molecule has 0 radical (unpaired) electrons. The number of H-pyrrole nitrogens is 1. The Balaban J connectivity index is 2.22. The van der Waals surface area contributed by atoms with Gasteiger partial charge in [-0.2, -0.15) is 13.2 Å². The van der Waals surface area contributed by atoms with Crippen molar-refractivity contribution in [3.8, 4) is 0 Å². The monoisotopic (exact) mass is 307 g/mol. The van der Waals surface area contributed by atoms with Gasteiger partial charge in [0.15, 0.2) is 5.16 Å². The first-order chi connectivity index (χ1) is 8.90. The Hall–Kier alpha value is -1.21. The van der Waals surface area contributed by atoms with Gasteiger partial charge in [0.2, 0.25) is 0 Å². The van der Waals surface area contributed by atoms with E-state index in [1.807, 2.05) is 6.92 Å². The Morgan fingerprint density at radius 1 is 1.32 bits per heavy atom. The summed E-state index contributed by atoms with van der Waals surface area (Å²) >= 11 is 6.89. The number of pyridine rings is 1. The van der Waals surface area contributed by atoms with Gasteiger partial charge in [-0.1, -0.05) is 18.5 Å². The van der Waals surface area contributed by atoms with Crippen molar-refractivity contribution < 1.29 is 13.2 Å². The van der Waals surface area contributed by atoms with Crippen LogP contribution in [0.3, 0.4) is 0 Å². The molecule has 0 unspecified atom stereocenters. The molecular formula is C11H9ClF3N3S. The molecule has 0 bridgehead atoms. The van der Waals surface area contributed by atoms with Crippen molar-refractivity contribution >= 4 is 23.4 Å². The number of hydrogen-bond donors (Lipinski definition) is 1. The molecule has 0 fully saturated rings. The first kappa shape index (κ1) is 14.2. The lowest BCUT2D eigenvalue weighted by atomic mass is 10.3. The molecule has 1 N–H and O–H groups in total. The third-order valence-corrected chi connectivity index (χ3v) is 3.63. The molecule has 0 aromatic carbocycles. The van der Waals surface area contributed by atoms with Crippen molar-refractivity contribution in [2.75, 3.05) is 0 Å². The van der Waals surface area contributed by atoms with Gasteiger partial charge in [0.25, 0.3) is 0 Å². The highest BCUT2D eigenvalue weighted by atomic mass is 35.5. The molecule has 0 aliphatic heterocycles. The zero-order valence-corrected chi connectivity index (χ0v) is 11.3. The third kappa shape index (κ3) is 3.42. The van der Waals surface area contributed by atoms with Gasteiger partial charge in [0.05, 0.1) is 10.6 Å². The van der Waals surface area contributed by atoms with Gasteiger partial charge in [0, 0.05) is 18.1 Å². The van der Waals surface area contributed by atoms with Gasteiger partial charge >= 0.3 is 6.18 Å². The van der Waals surface area contributed by atoms with Gasteiger partial charge in [-0.3, -0.25) is 0 Å². The van der Waals surface area contributed by atoms with Crippen LogP contribution in [0.4, 0.5) is 13.2 Å². The largest absolute Gasteiger partial charge is 0.417 e. The maximum atomic E-state index is 12.5. The Kier molecular flexibility index (Phi) is 4.05. The van der Waals surface area contributed by atoms with Crippen LogP contribution in [-0.2, 0) is 12.6 Å². The number of aromatic amines is 1. The Morgan fingerprint density at radius 2 is 2.05 bits per heavy atom. The van der Waals surface area contributed by atoms with Crippen LogP contribution in [0.25, 0.3) is 0 Å². The molecule has 2 aromatic heterocycles. The minimum atomic E-state index is -4.44. The predicted molar refractivity (Wildman–Crippen MR) is 66.3 cm³/mol. The number of alkyl halides is 3. The molecule has 2 heterocycles. The molecule has 0 amide bonds. The van der Waals surface area contributed by atoms with Crippen LogP contribution in [0, 0.1) is 0 Å². The van der Waals surface area contributed by atoms with Crippen molar-refractivity contribution in [1.29, 1.82) is 0 Å². The van der Waals surface area contributed by atoms with Crippen LogP contribution in [0.15, 0.2) is 28.6 Å². The average Bonchev–Trinajstić information content (AvgIpc) is 2.78. The Labute approximate surface area is 116 Å². The van der Waals surface area contributed by atoms with Crippen LogP contribution in [0.1, 0.15) is 18.2 Å². The van der Waals surface area contributed by atoms with E-state index in [0.29, 0.717) is 5.16 Å². The first-order valence-corrected chi connectivity index (χ1v) is 6.54. The fourth-order valence-electron chi connectivity index (χ4n) is 1.32. The number of nitrogens with zero attached hydrogens (tertiary/aromatic N) is 2. The minimum absolute atomic E-state index is 0.0470. The lowest BCUT2D eigenvalue weighted by molar-refractivity contribution is -0.137. The maximum absolute atomic E-state index is 12.5. The number of aromatic nitrogens is 3. The highest BCUT2D eigenvalue weighted by Gasteiger charge is 2.31. The predicted octanol–water partition coefficient (Wildman–Crippen LogP) is 4.19. The van der Waals surface area contributed by atoms with Gasteiger partial charge in [-0.15, -0.1) is 0 Å². The number of halogens is 4. The SMILES string of the molecule is CCc1cnc(Sc2ncc(C(F)(F)F)cc2Cl)[nH]1. The number of nitrogens with one attached hydrogen (secondary N) is 1. The number of aryl methyl sites for hydroxylation is 1. The average molecular weight is 308 g/mol. The van der Waals surface area contributed by atoms with Gasteiger partial charge in [-0.25, -0.2) is 9.97 Å². The highest BCUT2D eigenvalue weighted by molar-refractivity contribution is 7.99. The van der Waals surface area contributed by atoms with Crippen molar-refractivity contribution in [3.05, 3.63) is 34.7 Å². The standard InChI is InChI=1S/C11H9ClF3N3S/c1-2-7-5-17-10(18-7)19-9-8(12)3-6(4-16-9)11(13,14)15/h3-5H,2H2,1H3,(H,17,18). The second kappa shape index (κ2) is 5.42. The van der Waals surface area contributed by atoms with Crippen molar-refractivity contribution in [3.63, 3.8) is 0 Å². The fraction of sp³-hybridized carbons (Fsp3) is 0.273. The van der Waals surface area contributed by atoms with E-state index in [4.69, 9.17) is 11.6 Å². The molecule has 0 aliphatic carbocycles. The summed E-state index contributed by atoms with van der Waals surface area (Å²) in [5, 5.41) is 0.784. The van der Waals surface area contributed by atoms with Crippen LogP contribution in [0.5, 0.6) is 0 Å². The molecule has 8 heteroatoms. The smallest absolute Gasteiger partial charge is 0.337 e. The van der Waals surface area contributed by atoms with Gasteiger partial charge in [-0.05, 0) is 24.2 Å². The zero-order valence-electron chi connectivity index (χ0n) is 9.75. The summed E-state index contributed by atoms with van der Waals surface area (Å²) in [7, 11) is 0. The quantitative estimate of drug-likeness (QED) is 0.924. The lowest BCUT2D eigenvalue weighted by Gasteiger charge is -2.07. The number of rotatable bonds is 3. The van der Waals surface area contributed by atoms with E-state index >= 15 is 0 Å². The van der Waals surface area contributed by atoms with Crippen LogP contribution in [-0.4, -0.2) is 15.0 Å². The molecule has 102 valence electrons. The van der Waals surface area contributed by atoms with Gasteiger partial charge in [0.1, 0.15) is 5.03 Å². The second-order valence-electron chi connectivity index (χ2n) is 3.68. The Bertz CT molecular complexity index is 583. The van der Waals surface area contributed by atoms with Crippen LogP contribution >= 0.6 is 23.4 Å². The van der Waals surface area contributed by atoms with Crippen LogP contribution < -0.4 is 0 Å². The van der Waals surface area contributed by atoms with Crippen molar-refractivity contribution in [2.45, 2.75) is 29.7 Å². The molecule has 3 nitrogen and oxygen atoms in total. The zero-order chi connectivity index (χ0) is 14.0. The summed E-state index contributed by atoms with van der Waals surface area (Å²) < 4.78 is 37.4. The lowest BCUT2D eigenvalue weighted by Crippen LogP contribution is -2.05. The molecule has 0 saturated heterocycles. The summed E-state index contributed by atoms with van der Waals surface area (Å²) in [6.07, 6.45) is -1.22. The molecule has 2 aromatic rings. The molecule has 19 heavy (non-hydrogen) atoms. The van der Waals surface area contributed by atoms with Crippen LogP contribution in [0.2, 0.25) is 5.02 Å². The molecule has 2 rings (SSSR count). The van der Waals surface area contributed by atoms with E-state index in [0.717, 1.165) is 36.1 Å². The third-order valence-electron chi connectivity index (χ3n) is 2.31. The maximum Gasteiger partial charge on any atom is 0.417 e. The number of hydrogen-bond acceptors (Lipinski definition) is 3. The van der Waals surface area contributed by atoms with E-state index in [-0.39, 0.29) is 10.0 Å². The summed E-state index contributed by atoms with van der Waals surface area (Å²) in [5.74, 6) is 0. The Morgan fingerprint density at radius 3 is 2.58 bits per heavy atom. The number of imidazole rings is 1. The van der Waals surface area contributed by atoms with E-state index in [9.17, 15) is 13.2 Å². The molecule has 0 saturated carbocycles. The molecule has 0 spiro atoms. The minimum Gasteiger partial charge on any atom is -0.337 e. The molecule has 0 atom stereocenters. The first-order valence-electron chi connectivity index (χ1n) is 5.34. The summed E-state index contributed by atoms with van der Waals surface area (Å²) in [4.78, 5) is 10.8. The summed E-state index contributed by atoms with van der Waals surface area (Å²) in [5.41, 5.74) is 0.0704. The van der Waals surface area contributed by atoms with Crippen molar-refractivity contribution in [1.82, 2.24) is 15.0 Å². The normalized spacial score (nSPS) is 11.8. The molecule has 0 aliphatic rings. The summed E-state index contributed by atoms with van der Waals surface area (Å²) in [6, 6.07) is 0.862. The second-order valence-corrected chi connectivity index (χ2v) is 5.06. The van der Waals surface area contributed by atoms with E-state index in [2.05, 4.69) is 15.0 Å². The summed E-state index contributed by atoms with van der Waals surface area (Å²) in [6.45, 7) is 1.96. The fourth-order valence-corrected chi connectivity index (χ4v) is 2.33.